The van der Waals surface area contributed by atoms with Crippen LogP contribution >= 0.6 is 0 Å². The van der Waals surface area contributed by atoms with Crippen LogP contribution in [0.1, 0.15) is 55.4 Å². The fourth-order valence-corrected chi connectivity index (χ4v) is 3.23. The number of aryl methyl sites for hydroxylation is 1. The highest BCUT2D eigenvalue weighted by Crippen LogP contribution is 2.37. The van der Waals surface area contributed by atoms with Gasteiger partial charge in [-0.15, -0.1) is 0 Å². The molecule has 1 aliphatic carbocycles. The summed E-state index contributed by atoms with van der Waals surface area (Å²) in [5, 5.41) is 11.9. The van der Waals surface area contributed by atoms with Gasteiger partial charge in [-0.1, -0.05) is 0 Å². The number of carbonyl (C=O) groups is 3. The van der Waals surface area contributed by atoms with E-state index >= 15 is 0 Å². The normalized spacial score (nSPS) is 13.1. The molecular weight excluding hydrogens is 354 g/mol. The third kappa shape index (κ3) is 3.25. The number of carboxylic acids is 1. The van der Waals surface area contributed by atoms with Gasteiger partial charge in [0, 0.05) is 18.4 Å². The molecule has 3 rings (SSSR count). The van der Waals surface area contributed by atoms with Gasteiger partial charge < -0.3 is 24.3 Å². The average Bonchev–Trinajstić information content (AvgIpc) is 2.99. The molecular formula is C19H19NO7. The van der Waals surface area contributed by atoms with Crippen LogP contribution in [0.5, 0.6) is 11.5 Å². The number of ether oxygens (including phenoxy) is 2. The summed E-state index contributed by atoms with van der Waals surface area (Å²) >= 11 is 0. The Morgan fingerprint density at radius 1 is 1.19 bits per heavy atom. The Hall–Kier alpha value is -3.29. The lowest BCUT2D eigenvalue weighted by Crippen LogP contribution is -2.15. The minimum absolute atomic E-state index is 0.0250. The van der Waals surface area contributed by atoms with Crippen molar-refractivity contribution in [3.05, 3.63) is 40.3 Å². The molecule has 0 radical (unpaired) electrons. The molecule has 0 unspecified atom stereocenters. The number of carboxylic acid groups (broad SMARTS) is 1. The maximum Gasteiger partial charge on any atom is 0.335 e. The second kappa shape index (κ2) is 7.14. The van der Waals surface area contributed by atoms with Crippen molar-refractivity contribution in [3.63, 3.8) is 0 Å². The van der Waals surface area contributed by atoms with Gasteiger partial charge in [0.25, 0.3) is 5.91 Å². The van der Waals surface area contributed by atoms with E-state index in [1.165, 1.54) is 26.4 Å². The molecule has 8 heteroatoms. The van der Waals surface area contributed by atoms with Gasteiger partial charge in [0.05, 0.1) is 31.0 Å². The zero-order chi connectivity index (χ0) is 19.7. The Balaban J connectivity index is 2.00. The summed E-state index contributed by atoms with van der Waals surface area (Å²) < 4.78 is 16.0. The Bertz CT molecular complexity index is 942. The van der Waals surface area contributed by atoms with E-state index in [0.29, 0.717) is 36.1 Å². The number of rotatable bonds is 5. The molecule has 0 saturated carbocycles. The van der Waals surface area contributed by atoms with Crippen molar-refractivity contribution >= 4 is 23.3 Å². The van der Waals surface area contributed by atoms with Crippen molar-refractivity contribution in [1.29, 1.82) is 0 Å². The summed E-state index contributed by atoms with van der Waals surface area (Å²) in [6, 6.07) is 2.57. The minimum atomic E-state index is -1.18. The van der Waals surface area contributed by atoms with E-state index in [1.807, 2.05) is 0 Å². The molecule has 0 saturated heterocycles. The van der Waals surface area contributed by atoms with E-state index in [2.05, 4.69) is 5.32 Å². The van der Waals surface area contributed by atoms with Crippen LogP contribution in [-0.4, -0.2) is 37.0 Å². The molecule has 142 valence electrons. The Morgan fingerprint density at radius 3 is 2.52 bits per heavy atom. The highest BCUT2D eigenvalue weighted by atomic mass is 16.5. The van der Waals surface area contributed by atoms with Crippen LogP contribution in [0.15, 0.2) is 16.5 Å². The van der Waals surface area contributed by atoms with Gasteiger partial charge in [0.1, 0.15) is 5.76 Å². The summed E-state index contributed by atoms with van der Waals surface area (Å²) in [5.41, 5.74) is 0.996. The SMILES string of the molecule is COc1cc(C(=O)O)cc(NC(=O)c2oc3c(c2C)C(=O)CCC3)c1OC. The molecule has 2 N–H and O–H groups in total. The smallest absolute Gasteiger partial charge is 0.335 e. The number of fused-ring (bicyclic) bond motifs is 1. The second-order valence-electron chi connectivity index (χ2n) is 6.15. The van der Waals surface area contributed by atoms with Crippen molar-refractivity contribution in [2.24, 2.45) is 0 Å². The van der Waals surface area contributed by atoms with Crippen molar-refractivity contribution in [2.45, 2.75) is 26.2 Å². The van der Waals surface area contributed by atoms with E-state index in [1.54, 1.807) is 6.92 Å². The van der Waals surface area contributed by atoms with E-state index in [0.717, 1.165) is 0 Å². The number of hydrogen-bond acceptors (Lipinski definition) is 6. The molecule has 0 spiro atoms. The molecule has 1 aliphatic rings. The minimum Gasteiger partial charge on any atom is -0.493 e. The summed E-state index contributed by atoms with van der Waals surface area (Å²) in [6.45, 7) is 1.66. The number of anilines is 1. The number of furan rings is 1. The number of nitrogens with one attached hydrogen (secondary N) is 1. The highest BCUT2D eigenvalue weighted by molar-refractivity contribution is 6.08. The van der Waals surface area contributed by atoms with E-state index in [4.69, 9.17) is 13.9 Å². The monoisotopic (exact) mass is 373 g/mol. The van der Waals surface area contributed by atoms with Gasteiger partial charge in [-0.25, -0.2) is 4.79 Å². The van der Waals surface area contributed by atoms with E-state index in [-0.39, 0.29) is 34.3 Å². The first-order valence-electron chi connectivity index (χ1n) is 8.33. The van der Waals surface area contributed by atoms with Crippen molar-refractivity contribution < 1.29 is 33.4 Å². The van der Waals surface area contributed by atoms with Crippen LogP contribution in [0.3, 0.4) is 0 Å². The summed E-state index contributed by atoms with van der Waals surface area (Å²) in [6.07, 6.45) is 1.71. The maximum absolute atomic E-state index is 12.7. The molecule has 27 heavy (non-hydrogen) atoms. The molecule has 2 aromatic rings. The molecule has 0 aliphatic heterocycles. The van der Waals surface area contributed by atoms with Gasteiger partial charge in [0.2, 0.25) is 0 Å². The number of Topliss-reactive ketones (excluding diaryl/α,β-unsaturated/α-hetero) is 1. The standard InChI is InChI=1S/C19H19NO7/c1-9-15-12(21)5-4-6-13(15)27-16(9)18(22)20-11-7-10(19(23)24)8-14(25-2)17(11)26-3/h7-8H,4-6H2,1-3H3,(H,20,22)(H,23,24). The summed E-state index contributed by atoms with van der Waals surface area (Å²) in [7, 11) is 2.74. The Labute approximate surface area is 155 Å². The van der Waals surface area contributed by atoms with Crippen LogP contribution in [-0.2, 0) is 6.42 Å². The lowest BCUT2D eigenvalue weighted by molar-refractivity contribution is 0.0695. The van der Waals surface area contributed by atoms with Crippen molar-refractivity contribution in [3.8, 4) is 11.5 Å². The lowest BCUT2D eigenvalue weighted by Gasteiger charge is -2.14. The number of benzene rings is 1. The Morgan fingerprint density at radius 2 is 1.93 bits per heavy atom. The van der Waals surface area contributed by atoms with Gasteiger partial charge in [0.15, 0.2) is 23.0 Å². The van der Waals surface area contributed by atoms with E-state index < -0.39 is 11.9 Å². The average molecular weight is 373 g/mol. The predicted molar refractivity (Wildman–Crippen MR) is 95.2 cm³/mol. The topological polar surface area (TPSA) is 115 Å². The lowest BCUT2D eigenvalue weighted by atomic mass is 9.94. The predicted octanol–water partition coefficient (Wildman–Crippen LogP) is 3.07. The maximum atomic E-state index is 12.7. The first-order chi connectivity index (χ1) is 12.9. The number of carbonyl (C=O) groups excluding carboxylic acids is 2. The van der Waals surface area contributed by atoms with Crippen LogP contribution in [0.2, 0.25) is 0 Å². The van der Waals surface area contributed by atoms with Crippen molar-refractivity contribution in [2.75, 3.05) is 19.5 Å². The fraction of sp³-hybridized carbons (Fsp3) is 0.316. The van der Waals surface area contributed by atoms with Gasteiger partial charge in [-0.3, -0.25) is 9.59 Å². The van der Waals surface area contributed by atoms with Gasteiger partial charge in [-0.05, 0) is 25.5 Å². The molecule has 0 bridgehead atoms. The third-order valence-corrected chi connectivity index (χ3v) is 4.49. The van der Waals surface area contributed by atoms with E-state index in [9.17, 15) is 19.5 Å². The number of ketones is 1. The van der Waals surface area contributed by atoms with Gasteiger partial charge in [-0.2, -0.15) is 0 Å². The van der Waals surface area contributed by atoms with Gasteiger partial charge >= 0.3 is 5.97 Å². The number of hydrogen-bond donors (Lipinski definition) is 2. The zero-order valence-electron chi connectivity index (χ0n) is 15.2. The Kier molecular flexibility index (Phi) is 4.89. The molecule has 1 amide bonds. The van der Waals surface area contributed by atoms with Crippen LogP contribution < -0.4 is 14.8 Å². The van der Waals surface area contributed by atoms with Crippen LogP contribution in [0, 0.1) is 6.92 Å². The fourth-order valence-electron chi connectivity index (χ4n) is 3.23. The largest absolute Gasteiger partial charge is 0.493 e. The number of methoxy groups -OCH3 is 2. The third-order valence-electron chi connectivity index (χ3n) is 4.49. The quantitative estimate of drug-likeness (QED) is 0.827. The molecule has 1 aromatic carbocycles. The summed E-state index contributed by atoms with van der Waals surface area (Å²) in [5.74, 6) is -0.933. The first kappa shape index (κ1) is 18.5. The number of aromatic carboxylic acids is 1. The number of amides is 1. The highest BCUT2D eigenvalue weighted by Gasteiger charge is 2.29. The van der Waals surface area contributed by atoms with Crippen LogP contribution in [0.4, 0.5) is 5.69 Å². The molecule has 0 fully saturated rings. The van der Waals surface area contributed by atoms with Crippen LogP contribution in [0.25, 0.3) is 0 Å². The second-order valence-corrected chi connectivity index (χ2v) is 6.15. The molecule has 1 heterocycles. The molecule has 0 atom stereocenters. The van der Waals surface area contributed by atoms with Crippen molar-refractivity contribution in [1.82, 2.24) is 0 Å². The zero-order valence-corrected chi connectivity index (χ0v) is 15.2. The molecule has 1 aromatic heterocycles. The molecule has 8 nitrogen and oxygen atoms in total. The summed E-state index contributed by atoms with van der Waals surface area (Å²) in [4.78, 5) is 36.2. The first-order valence-corrected chi connectivity index (χ1v) is 8.33.